The van der Waals surface area contributed by atoms with Crippen LogP contribution in [0.5, 0.6) is 0 Å². The average molecular weight is 815 g/mol. The summed E-state index contributed by atoms with van der Waals surface area (Å²) in [5.41, 5.74) is 35.8. The fourth-order valence-corrected chi connectivity index (χ4v) is 7.78. The fourth-order valence-electron chi connectivity index (χ4n) is 7.78. The number of ether oxygens (including phenoxy) is 6. The molecule has 0 aromatic carbocycles. The maximum atomic E-state index is 12.8. The van der Waals surface area contributed by atoms with Crippen LogP contribution >= 0.6 is 0 Å². The van der Waals surface area contributed by atoms with Crippen molar-refractivity contribution in [1.29, 1.82) is 0 Å². The molecular formula is C32H62N8O16. The van der Waals surface area contributed by atoms with Crippen LogP contribution in [0.25, 0.3) is 0 Å². The van der Waals surface area contributed by atoms with E-state index in [2.05, 4.69) is 10.6 Å². The quantitative estimate of drug-likeness (QED) is 0.0688. The Hall–Kier alpha value is -1.41. The number of carbonyl (C=O) groups excluding carboxylic acids is 1. The molecule has 0 bridgehead atoms. The molecule has 2 aliphatic carbocycles. The van der Waals surface area contributed by atoms with Gasteiger partial charge in [0.1, 0.15) is 79.4 Å². The topological polar surface area (TPSA) is 435 Å². The second-order valence-corrected chi connectivity index (χ2v) is 15.5. The second kappa shape index (κ2) is 19.8. The first kappa shape index (κ1) is 45.7. The Morgan fingerprint density at radius 1 is 0.679 bits per heavy atom. The molecule has 24 heteroatoms. The van der Waals surface area contributed by atoms with Crippen LogP contribution in [0.4, 0.5) is 0 Å². The van der Waals surface area contributed by atoms with Gasteiger partial charge in [0.15, 0.2) is 25.0 Å². The van der Waals surface area contributed by atoms with Gasteiger partial charge in [0.05, 0.1) is 24.7 Å². The van der Waals surface area contributed by atoms with E-state index in [4.69, 9.17) is 62.8 Å². The Labute approximate surface area is 322 Å². The second-order valence-electron chi connectivity index (χ2n) is 15.5. The van der Waals surface area contributed by atoms with E-state index in [9.17, 15) is 50.8 Å². The van der Waals surface area contributed by atoms with Gasteiger partial charge in [0.2, 0.25) is 0 Å². The van der Waals surface area contributed by atoms with Crippen molar-refractivity contribution in [2.24, 2.45) is 40.3 Å². The third kappa shape index (κ3) is 9.95. The minimum absolute atomic E-state index is 0.101. The van der Waals surface area contributed by atoms with Crippen molar-refractivity contribution >= 4 is 5.91 Å². The largest absolute Gasteiger partial charge is 0.394 e. The number of nitrogens with one attached hydrogen (secondary N) is 2. The van der Waals surface area contributed by atoms with E-state index in [1.54, 1.807) is 0 Å². The SMILES string of the molecule is NC[C@@H](O)C(O)C(=O)N[C@@H]1C[C@H](N)[C@@H](O[C@H]2O[C@H](CNCC3CC(N)C3)[C@@H](O)[C@H](O)[C@H]2N)[C@H](O[C@@H]2O[C@H](CO)[C@@H](O[C@H]3O[C@@H](CN)[C@@H](O)[C@H](O)[C@H]3N)[C@H]2O)[C@H]1O. The van der Waals surface area contributed by atoms with Crippen molar-refractivity contribution < 1.29 is 79.2 Å². The van der Waals surface area contributed by atoms with Gasteiger partial charge in [-0.3, -0.25) is 4.79 Å². The van der Waals surface area contributed by atoms with Gasteiger partial charge in [-0.05, 0) is 31.7 Å². The molecule has 24 nitrogen and oxygen atoms in total. The molecule has 3 saturated heterocycles. The van der Waals surface area contributed by atoms with Crippen LogP contribution in [0, 0.1) is 5.92 Å². The molecule has 326 valence electrons. The summed E-state index contributed by atoms with van der Waals surface area (Å²) in [6, 6.07) is -4.91. The van der Waals surface area contributed by atoms with E-state index < -0.39 is 148 Å². The minimum atomic E-state index is -1.97. The molecule has 3 aliphatic heterocycles. The van der Waals surface area contributed by atoms with Crippen LogP contribution in [-0.2, 0) is 33.2 Å². The molecule has 0 aromatic heterocycles. The van der Waals surface area contributed by atoms with Crippen molar-refractivity contribution in [3.05, 3.63) is 0 Å². The zero-order chi connectivity index (χ0) is 41.2. The van der Waals surface area contributed by atoms with E-state index in [1.165, 1.54) is 0 Å². The molecule has 2 saturated carbocycles. The first-order valence-corrected chi connectivity index (χ1v) is 18.9. The molecule has 0 aromatic rings. The summed E-state index contributed by atoms with van der Waals surface area (Å²) in [6.45, 7) is -0.723. The highest BCUT2D eigenvalue weighted by Crippen LogP contribution is 2.35. The van der Waals surface area contributed by atoms with Crippen LogP contribution in [0.1, 0.15) is 19.3 Å². The molecule has 5 fully saturated rings. The Balaban J connectivity index is 1.34. The predicted octanol–water partition coefficient (Wildman–Crippen LogP) is -10.7. The molecule has 5 aliphatic rings. The van der Waals surface area contributed by atoms with Gasteiger partial charge in [-0.15, -0.1) is 0 Å². The number of amides is 1. The van der Waals surface area contributed by atoms with Crippen molar-refractivity contribution in [3.8, 4) is 0 Å². The molecule has 5 rings (SSSR count). The lowest BCUT2D eigenvalue weighted by Gasteiger charge is -2.48. The standard InChI is InChI=1S/C32H62N8O16/c33-4-13(42)20(44)29(50)40-12-3-11(36)26(54-31-18(38)24(48)22(46)15(52-31)7-39-6-9-1-10(35)2-9)28(19(12)43)56-32-25(49)27(16(8-41)53-32)55-30-17(37)23(47)21(45)14(5-34)51-30/h9-28,30-32,39,41-49H,1-8,33-38H2,(H,40,50)/t9?,10?,11-,12+,13+,14-,15+,16+,17+,18+,19-,20?,21+,22+,23+,24+,25+,26+,27+,28+,30+,31+,32-/m0/s1. The van der Waals surface area contributed by atoms with Crippen LogP contribution in [0.3, 0.4) is 0 Å². The maximum absolute atomic E-state index is 12.8. The van der Waals surface area contributed by atoms with Crippen molar-refractivity contribution in [3.63, 3.8) is 0 Å². The molecule has 1 amide bonds. The normalized spacial score (nSPS) is 48.2. The Bertz CT molecular complexity index is 1250. The number of carbonyl (C=O) groups is 1. The van der Waals surface area contributed by atoms with Gasteiger partial charge in [-0.1, -0.05) is 0 Å². The zero-order valence-electron chi connectivity index (χ0n) is 30.8. The summed E-state index contributed by atoms with van der Waals surface area (Å²) in [5.74, 6) is -0.750. The third-order valence-corrected chi connectivity index (χ3v) is 11.3. The van der Waals surface area contributed by atoms with Crippen LogP contribution in [-0.4, -0.2) is 219 Å². The highest BCUT2D eigenvalue weighted by atomic mass is 16.8. The summed E-state index contributed by atoms with van der Waals surface area (Å²) in [6.07, 6.45) is -24.0. The van der Waals surface area contributed by atoms with Gasteiger partial charge in [-0.2, -0.15) is 0 Å². The Morgan fingerprint density at radius 3 is 1.80 bits per heavy atom. The van der Waals surface area contributed by atoms with Crippen LogP contribution in [0.15, 0.2) is 0 Å². The monoisotopic (exact) mass is 814 g/mol. The predicted molar refractivity (Wildman–Crippen MR) is 188 cm³/mol. The Kier molecular flexibility index (Phi) is 16.1. The van der Waals surface area contributed by atoms with Crippen molar-refractivity contribution in [1.82, 2.24) is 10.6 Å². The van der Waals surface area contributed by atoms with Gasteiger partial charge < -0.3 is 119 Å². The average Bonchev–Trinajstić information content (AvgIpc) is 3.46. The number of hydrogen-bond acceptors (Lipinski definition) is 23. The van der Waals surface area contributed by atoms with Gasteiger partial charge in [0, 0.05) is 31.7 Å². The Morgan fingerprint density at radius 2 is 1.23 bits per heavy atom. The highest BCUT2D eigenvalue weighted by molar-refractivity contribution is 5.81. The number of hydrogen-bond donors (Lipinski definition) is 17. The van der Waals surface area contributed by atoms with Gasteiger partial charge in [-0.25, -0.2) is 0 Å². The molecule has 0 radical (unpaired) electrons. The lowest BCUT2D eigenvalue weighted by molar-refractivity contribution is -0.308. The number of nitrogens with two attached hydrogens (primary N) is 6. The van der Waals surface area contributed by atoms with E-state index in [1.807, 2.05) is 0 Å². The molecular weight excluding hydrogens is 752 g/mol. The maximum Gasteiger partial charge on any atom is 0.251 e. The van der Waals surface area contributed by atoms with E-state index in [0.717, 1.165) is 12.8 Å². The smallest absolute Gasteiger partial charge is 0.251 e. The summed E-state index contributed by atoms with van der Waals surface area (Å²) in [5, 5.41) is 101. The summed E-state index contributed by atoms with van der Waals surface area (Å²) >= 11 is 0. The van der Waals surface area contributed by atoms with Gasteiger partial charge >= 0.3 is 0 Å². The van der Waals surface area contributed by atoms with Crippen molar-refractivity contribution in [2.45, 2.75) is 154 Å². The molecule has 1 unspecified atom stereocenters. The summed E-state index contributed by atoms with van der Waals surface area (Å²) < 4.78 is 35.6. The molecule has 21 atom stereocenters. The zero-order valence-corrected chi connectivity index (χ0v) is 30.8. The molecule has 3 heterocycles. The van der Waals surface area contributed by atoms with E-state index in [-0.39, 0.29) is 25.6 Å². The molecule has 0 spiro atoms. The fraction of sp³-hybridized carbons (Fsp3) is 0.969. The summed E-state index contributed by atoms with van der Waals surface area (Å²) in [7, 11) is 0. The first-order valence-electron chi connectivity index (χ1n) is 18.9. The third-order valence-electron chi connectivity index (χ3n) is 11.3. The number of rotatable bonds is 16. The first-order chi connectivity index (χ1) is 26.5. The number of aliphatic hydroxyl groups excluding tert-OH is 9. The van der Waals surface area contributed by atoms with Crippen LogP contribution < -0.4 is 45.0 Å². The highest BCUT2D eigenvalue weighted by Gasteiger charge is 2.55. The molecule has 56 heavy (non-hydrogen) atoms. The lowest BCUT2D eigenvalue weighted by Crippen LogP contribution is -2.69. The summed E-state index contributed by atoms with van der Waals surface area (Å²) in [4.78, 5) is 12.8. The van der Waals surface area contributed by atoms with Gasteiger partial charge in [0.25, 0.3) is 5.91 Å². The minimum Gasteiger partial charge on any atom is -0.394 e. The number of aliphatic hydroxyl groups is 9. The van der Waals surface area contributed by atoms with E-state index >= 15 is 0 Å². The van der Waals surface area contributed by atoms with Crippen LogP contribution in [0.2, 0.25) is 0 Å². The van der Waals surface area contributed by atoms with E-state index in [0.29, 0.717) is 12.5 Å². The lowest BCUT2D eigenvalue weighted by atomic mass is 9.81. The molecule has 23 N–H and O–H groups in total. The van der Waals surface area contributed by atoms with Crippen molar-refractivity contribution in [2.75, 3.05) is 32.8 Å².